The number of furan rings is 1. The number of rotatable bonds is 6. The molecule has 0 saturated heterocycles. The van der Waals surface area contributed by atoms with Gasteiger partial charge in [-0.1, -0.05) is 46.7 Å². The zero-order valence-corrected chi connectivity index (χ0v) is 23.4. The molecule has 0 radical (unpaired) electrons. The van der Waals surface area contributed by atoms with Crippen molar-refractivity contribution in [2.75, 3.05) is 13.1 Å². The van der Waals surface area contributed by atoms with Gasteiger partial charge in [0.2, 0.25) is 0 Å². The van der Waals surface area contributed by atoms with Gasteiger partial charge in [0.05, 0.1) is 21.8 Å². The number of allylic oxidation sites excluding steroid dienone is 1. The van der Waals surface area contributed by atoms with Gasteiger partial charge in [-0.15, -0.1) is 0 Å². The summed E-state index contributed by atoms with van der Waals surface area (Å²) in [5.41, 5.74) is 2.51. The van der Waals surface area contributed by atoms with Gasteiger partial charge < -0.3 is 9.32 Å². The van der Waals surface area contributed by atoms with Gasteiger partial charge in [-0.05, 0) is 74.9 Å². The molecule has 0 unspecified atom stereocenters. The highest BCUT2D eigenvalue weighted by atomic mass is 35.5. The van der Waals surface area contributed by atoms with Crippen molar-refractivity contribution in [1.82, 2.24) is 9.47 Å². The predicted molar refractivity (Wildman–Crippen MR) is 152 cm³/mol. The second-order valence-electron chi connectivity index (χ2n) is 8.82. The number of fused-ring (bicyclic) bond motifs is 1. The molecular formula is C29H25Cl2N3O3S. The Labute approximate surface area is 233 Å². The number of benzene rings is 2. The van der Waals surface area contributed by atoms with Crippen molar-refractivity contribution < 1.29 is 9.21 Å². The molecule has 194 valence electrons. The fraction of sp³-hybridized carbons (Fsp3) is 0.207. The third-order valence-corrected chi connectivity index (χ3v) is 8.00. The van der Waals surface area contributed by atoms with E-state index in [-0.39, 0.29) is 11.5 Å². The van der Waals surface area contributed by atoms with Crippen LogP contribution in [-0.2, 0) is 4.79 Å². The Morgan fingerprint density at radius 2 is 1.66 bits per heavy atom. The molecule has 0 N–H and O–H groups in total. The number of halogens is 2. The van der Waals surface area contributed by atoms with Gasteiger partial charge in [-0.2, -0.15) is 0 Å². The Kier molecular flexibility index (Phi) is 7.43. The summed E-state index contributed by atoms with van der Waals surface area (Å²) in [5.74, 6) is 1.07. The maximum Gasteiger partial charge on any atom is 0.271 e. The molecule has 0 saturated carbocycles. The van der Waals surface area contributed by atoms with E-state index >= 15 is 0 Å². The van der Waals surface area contributed by atoms with Crippen LogP contribution >= 0.6 is 34.5 Å². The summed E-state index contributed by atoms with van der Waals surface area (Å²) in [6, 6.07) is 17.6. The highest BCUT2D eigenvalue weighted by molar-refractivity contribution is 7.07. The Hall–Kier alpha value is -3.39. The molecule has 2 aromatic carbocycles. The van der Waals surface area contributed by atoms with Crippen molar-refractivity contribution >= 4 is 46.5 Å². The smallest absolute Gasteiger partial charge is 0.271 e. The van der Waals surface area contributed by atoms with E-state index in [4.69, 9.17) is 32.6 Å². The Bertz CT molecular complexity index is 1710. The minimum Gasteiger partial charge on any atom is -0.457 e. The van der Waals surface area contributed by atoms with Crippen molar-refractivity contribution in [1.29, 1.82) is 0 Å². The predicted octanol–water partition coefficient (Wildman–Crippen LogP) is 5.67. The van der Waals surface area contributed by atoms with Gasteiger partial charge in [0.25, 0.3) is 11.5 Å². The number of aromatic nitrogens is 1. The lowest BCUT2D eigenvalue weighted by molar-refractivity contribution is -0.127. The van der Waals surface area contributed by atoms with Gasteiger partial charge >= 0.3 is 0 Å². The van der Waals surface area contributed by atoms with E-state index in [9.17, 15) is 9.59 Å². The molecule has 1 aliphatic heterocycles. The standard InChI is InChI=1S/C29H25Cl2N3O3S/c1-4-33(5-2)28(36)25-17(3)32-29-34(26(25)19-8-12-21(31)13-9-19)27(35)24(38-29)16-22-14-15-23(37-22)18-6-10-20(30)11-7-18/h6-16,26H,4-5H2,1-3H3/b24-16+/t26-/m0/s1. The first-order chi connectivity index (χ1) is 18.3. The minimum absolute atomic E-state index is 0.135. The monoisotopic (exact) mass is 565 g/mol. The van der Waals surface area contributed by atoms with Gasteiger partial charge in [0.15, 0.2) is 4.80 Å². The van der Waals surface area contributed by atoms with E-state index in [1.165, 1.54) is 11.3 Å². The molecule has 0 spiro atoms. The molecule has 6 nitrogen and oxygen atoms in total. The quantitative estimate of drug-likeness (QED) is 0.302. The first-order valence-corrected chi connectivity index (χ1v) is 13.8. The van der Waals surface area contributed by atoms with Crippen LogP contribution in [0.2, 0.25) is 10.0 Å². The van der Waals surface area contributed by atoms with Gasteiger partial charge in [0, 0.05) is 34.8 Å². The highest BCUT2D eigenvalue weighted by Crippen LogP contribution is 2.32. The summed E-state index contributed by atoms with van der Waals surface area (Å²) in [6.07, 6.45) is 1.72. The van der Waals surface area contributed by atoms with Crippen molar-refractivity contribution in [3.63, 3.8) is 0 Å². The number of carbonyl (C=O) groups excluding carboxylic acids is 1. The summed E-state index contributed by atoms with van der Waals surface area (Å²) in [7, 11) is 0. The molecule has 4 aromatic rings. The Balaban J connectivity index is 1.64. The lowest BCUT2D eigenvalue weighted by Gasteiger charge is -2.29. The van der Waals surface area contributed by atoms with E-state index in [2.05, 4.69) is 0 Å². The van der Waals surface area contributed by atoms with Crippen LogP contribution in [0.5, 0.6) is 0 Å². The number of hydrogen-bond acceptors (Lipinski definition) is 5. The SMILES string of the molecule is CCN(CC)C(=O)C1=C(C)N=c2s/c(=C/c3ccc(-c4ccc(Cl)cc4)o3)c(=O)n2[C@H]1c1ccc(Cl)cc1. The highest BCUT2D eigenvalue weighted by Gasteiger charge is 2.34. The average Bonchev–Trinajstić information content (AvgIpc) is 3.49. The van der Waals surface area contributed by atoms with Crippen molar-refractivity contribution in [2.45, 2.75) is 26.8 Å². The van der Waals surface area contributed by atoms with Gasteiger partial charge in [0.1, 0.15) is 11.5 Å². The first kappa shape index (κ1) is 26.2. The fourth-order valence-corrected chi connectivity index (χ4v) is 5.84. The third kappa shape index (κ3) is 4.89. The van der Waals surface area contributed by atoms with Crippen LogP contribution in [0, 0.1) is 0 Å². The number of likely N-dealkylation sites (N-methyl/N-ethyl adjacent to an activating group) is 1. The van der Waals surface area contributed by atoms with Crippen LogP contribution in [0.1, 0.15) is 38.1 Å². The van der Waals surface area contributed by atoms with E-state index in [1.807, 2.05) is 57.2 Å². The van der Waals surface area contributed by atoms with Crippen LogP contribution in [-0.4, -0.2) is 28.5 Å². The summed E-state index contributed by atoms with van der Waals surface area (Å²) >= 11 is 13.4. The molecule has 1 atom stereocenters. The first-order valence-electron chi connectivity index (χ1n) is 12.2. The molecule has 38 heavy (non-hydrogen) atoms. The topological polar surface area (TPSA) is 67.8 Å². The second-order valence-corrected chi connectivity index (χ2v) is 10.7. The maximum absolute atomic E-state index is 13.8. The minimum atomic E-state index is -0.625. The largest absolute Gasteiger partial charge is 0.457 e. The average molecular weight is 567 g/mol. The number of amides is 1. The molecule has 1 amide bonds. The molecule has 0 aliphatic carbocycles. The summed E-state index contributed by atoms with van der Waals surface area (Å²) in [4.78, 5) is 34.4. The summed E-state index contributed by atoms with van der Waals surface area (Å²) < 4.78 is 8.08. The molecule has 5 rings (SSSR count). The molecule has 3 heterocycles. The van der Waals surface area contributed by atoms with E-state index < -0.39 is 6.04 Å². The van der Waals surface area contributed by atoms with Crippen LogP contribution in [0.15, 0.2) is 86.1 Å². The van der Waals surface area contributed by atoms with E-state index in [0.717, 1.165) is 11.1 Å². The fourth-order valence-electron chi connectivity index (χ4n) is 4.57. The molecule has 1 aliphatic rings. The van der Waals surface area contributed by atoms with Gasteiger partial charge in [-0.25, -0.2) is 4.99 Å². The Morgan fingerprint density at radius 3 is 2.29 bits per heavy atom. The van der Waals surface area contributed by atoms with Gasteiger partial charge in [-0.3, -0.25) is 14.2 Å². The summed E-state index contributed by atoms with van der Waals surface area (Å²) in [6.45, 7) is 6.80. The van der Waals surface area contributed by atoms with Crippen LogP contribution in [0.4, 0.5) is 0 Å². The normalized spacial score (nSPS) is 15.4. The van der Waals surface area contributed by atoms with E-state index in [0.29, 0.717) is 55.3 Å². The number of hydrogen-bond donors (Lipinski definition) is 0. The van der Waals surface area contributed by atoms with Crippen molar-refractivity contribution in [2.24, 2.45) is 4.99 Å². The molecular weight excluding hydrogens is 541 g/mol. The van der Waals surface area contributed by atoms with Crippen LogP contribution in [0.3, 0.4) is 0 Å². The lowest BCUT2D eigenvalue weighted by Crippen LogP contribution is -2.43. The number of nitrogens with zero attached hydrogens (tertiary/aromatic N) is 3. The number of thiazole rings is 1. The van der Waals surface area contributed by atoms with E-state index in [1.54, 1.807) is 39.8 Å². The van der Waals surface area contributed by atoms with Crippen LogP contribution < -0.4 is 14.9 Å². The molecule has 9 heteroatoms. The third-order valence-electron chi connectivity index (χ3n) is 6.52. The Morgan fingerprint density at radius 1 is 1.03 bits per heavy atom. The zero-order valence-electron chi connectivity index (χ0n) is 21.1. The lowest BCUT2D eigenvalue weighted by atomic mass is 9.94. The number of carbonyl (C=O) groups is 1. The molecule has 0 bridgehead atoms. The van der Waals surface area contributed by atoms with Crippen molar-refractivity contribution in [3.8, 4) is 11.3 Å². The zero-order chi connectivity index (χ0) is 27.0. The molecule has 2 aromatic heterocycles. The molecule has 0 fully saturated rings. The van der Waals surface area contributed by atoms with Crippen LogP contribution in [0.25, 0.3) is 17.4 Å². The second kappa shape index (κ2) is 10.8. The van der Waals surface area contributed by atoms with Crippen molar-refractivity contribution in [3.05, 3.63) is 113 Å². The maximum atomic E-state index is 13.8. The summed E-state index contributed by atoms with van der Waals surface area (Å²) in [5, 5.41) is 1.22.